The Balaban J connectivity index is 2.06. The maximum atomic E-state index is 2.39. The monoisotopic (exact) mass is 299 g/mol. The van der Waals surface area contributed by atoms with Gasteiger partial charge in [0.1, 0.15) is 0 Å². The topological polar surface area (TPSA) is 3.24 Å². The van der Waals surface area contributed by atoms with Gasteiger partial charge in [-0.25, -0.2) is 0 Å². The van der Waals surface area contributed by atoms with Crippen LogP contribution in [0.15, 0.2) is 72.8 Å². The van der Waals surface area contributed by atoms with Crippen molar-refractivity contribution >= 4 is 17.1 Å². The summed E-state index contributed by atoms with van der Waals surface area (Å²) in [6, 6.07) is 26.2. The van der Waals surface area contributed by atoms with Gasteiger partial charge in [-0.05, 0) is 47.9 Å². The van der Waals surface area contributed by atoms with Gasteiger partial charge in [-0.2, -0.15) is 0 Å². The largest absolute Gasteiger partial charge is 0.310 e. The molecule has 0 fully saturated rings. The summed E-state index contributed by atoms with van der Waals surface area (Å²) >= 11 is 0. The van der Waals surface area contributed by atoms with Gasteiger partial charge in [0.2, 0.25) is 0 Å². The number of hydrogen-bond donors (Lipinski definition) is 0. The molecule has 1 heteroatoms. The van der Waals surface area contributed by atoms with E-state index in [2.05, 4.69) is 98.5 Å². The van der Waals surface area contributed by atoms with Crippen molar-refractivity contribution in [2.24, 2.45) is 0 Å². The van der Waals surface area contributed by atoms with Gasteiger partial charge >= 0.3 is 0 Å². The molecule has 114 valence electrons. The average Bonchev–Trinajstić information content (AvgIpc) is 2.56. The normalized spacial score (nSPS) is 15.0. The number of rotatable bonds is 1. The zero-order chi connectivity index (χ0) is 16.0. The smallest absolute Gasteiger partial charge is 0.0505 e. The van der Waals surface area contributed by atoms with Crippen LogP contribution in [0.1, 0.15) is 30.5 Å². The van der Waals surface area contributed by atoms with E-state index in [1.165, 1.54) is 33.8 Å². The van der Waals surface area contributed by atoms with Crippen LogP contribution >= 0.6 is 0 Å². The second-order valence-corrected chi connectivity index (χ2v) is 6.83. The maximum Gasteiger partial charge on any atom is 0.0505 e. The first kappa shape index (κ1) is 14.1. The molecule has 3 aromatic carbocycles. The number of aryl methyl sites for hydroxylation is 1. The van der Waals surface area contributed by atoms with Crippen LogP contribution in [0.5, 0.6) is 0 Å². The lowest BCUT2D eigenvalue weighted by Gasteiger charge is -2.42. The number of fused-ring (bicyclic) bond motifs is 2. The second-order valence-electron chi connectivity index (χ2n) is 6.83. The van der Waals surface area contributed by atoms with E-state index in [4.69, 9.17) is 0 Å². The van der Waals surface area contributed by atoms with Gasteiger partial charge in [-0.15, -0.1) is 0 Å². The molecule has 0 N–H and O–H groups in total. The molecule has 0 atom stereocenters. The first-order valence-electron chi connectivity index (χ1n) is 8.15. The minimum atomic E-state index is 0.00487. The molecular weight excluding hydrogens is 278 g/mol. The van der Waals surface area contributed by atoms with Crippen LogP contribution in [0.3, 0.4) is 0 Å². The van der Waals surface area contributed by atoms with Gasteiger partial charge in [0, 0.05) is 11.1 Å². The molecule has 0 saturated carbocycles. The molecule has 4 rings (SSSR count). The third-order valence-electron chi connectivity index (χ3n) is 4.90. The lowest BCUT2D eigenvalue weighted by Crippen LogP contribution is -2.30. The van der Waals surface area contributed by atoms with Crippen molar-refractivity contribution in [1.29, 1.82) is 0 Å². The Bertz CT molecular complexity index is 862. The summed E-state index contributed by atoms with van der Waals surface area (Å²) in [5, 5.41) is 0. The fourth-order valence-electron chi connectivity index (χ4n) is 3.68. The number of nitrogens with zero attached hydrogens (tertiary/aromatic N) is 1. The number of hydrogen-bond acceptors (Lipinski definition) is 1. The first-order chi connectivity index (χ1) is 11.1. The zero-order valence-electron chi connectivity index (χ0n) is 13.9. The predicted octanol–water partition coefficient (Wildman–Crippen LogP) is 6.10. The summed E-state index contributed by atoms with van der Waals surface area (Å²) in [5.74, 6) is 0. The van der Waals surface area contributed by atoms with Crippen LogP contribution in [-0.2, 0) is 5.41 Å². The Morgan fingerprint density at radius 3 is 2.13 bits per heavy atom. The van der Waals surface area contributed by atoms with E-state index in [1.54, 1.807) is 0 Å². The molecule has 0 aromatic heterocycles. The zero-order valence-corrected chi connectivity index (χ0v) is 13.9. The summed E-state index contributed by atoms with van der Waals surface area (Å²) in [5.41, 5.74) is 7.83. The van der Waals surface area contributed by atoms with Gasteiger partial charge in [0.15, 0.2) is 0 Å². The Morgan fingerprint density at radius 2 is 1.35 bits per heavy atom. The molecule has 0 aliphatic carbocycles. The van der Waals surface area contributed by atoms with Gasteiger partial charge in [-0.1, -0.05) is 62.4 Å². The molecule has 0 amide bonds. The molecule has 0 saturated heterocycles. The number of anilines is 3. The van der Waals surface area contributed by atoms with E-state index < -0.39 is 0 Å². The van der Waals surface area contributed by atoms with E-state index in [0.717, 1.165) is 0 Å². The van der Waals surface area contributed by atoms with Crippen molar-refractivity contribution in [3.05, 3.63) is 89.5 Å². The molecule has 0 radical (unpaired) electrons. The van der Waals surface area contributed by atoms with Crippen molar-refractivity contribution < 1.29 is 0 Å². The van der Waals surface area contributed by atoms with Crippen LogP contribution in [0.4, 0.5) is 17.1 Å². The van der Waals surface area contributed by atoms with Gasteiger partial charge in [-0.3, -0.25) is 0 Å². The standard InChI is InChI=1S/C22H21N/c1-16-13-14-19-21(15-16)23(17-9-5-4-6-10-17)20-12-8-7-11-18(20)22(19,2)3/h4-15H,1-3H3. The molecule has 23 heavy (non-hydrogen) atoms. The maximum absolute atomic E-state index is 2.39. The Labute approximate surface area is 138 Å². The summed E-state index contributed by atoms with van der Waals surface area (Å²) in [4.78, 5) is 2.39. The van der Waals surface area contributed by atoms with Crippen molar-refractivity contribution in [3.8, 4) is 0 Å². The minimum absolute atomic E-state index is 0.00487. The lowest BCUT2D eigenvalue weighted by molar-refractivity contribution is 0.631. The predicted molar refractivity (Wildman–Crippen MR) is 98.0 cm³/mol. The van der Waals surface area contributed by atoms with Crippen LogP contribution in [-0.4, -0.2) is 0 Å². The summed E-state index contributed by atoms with van der Waals surface area (Å²) in [6.45, 7) is 6.81. The summed E-state index contributed by atoms with van der Waals surface area (Å²) in [7, 11) is 0. The van der Waals surface area contributed by atoms with Gasteiger partial charge < -0.3 is 4.90 Å². The summed E-state index contributed by atoms with van der Waals surface area (Å²) in [6.07, 6.45) is 0. The second kappa shape index (κ2) is 4.99. The molecule has 1 nitrogen and oxygen atoms in total. The highest BCUT2D eigenvalue weighted by atomic mass is 15.2. The lowest BCUT2D eigenvalue weighted by atomic mass is 9.73. The number of benzene rings is 3. The fraction of sp³-hybridized carbons (Fsp3) is 0.182. The van der Waals surface area contributed by atoms with E-state index >= 15 is 0 Å². The highest BCUT2D eigenvalue weighted by Crippen LogP contribution is 2.51. The van der Waals surface area contributed by atoms with E-state index in [0.29, 0.717) is 0 Å². The molecule has 1 aliphatic heterocycles. The van der Waals surface area contributed by atoms with Gasteiger partial charge in [0.05, 0.1) is 11.4 Å². The van der Waals surface area contributed by atoms with Crippen LogP contribution in [0.2, 0.25) is 0 Å². The van der Waals surface area contributed by atoms with Crippen LogP contribution < -0.4 is 4.90 Å². The Hall–Kier alpha value is -2.54. The molecule has 0 bridgehead atoms. The van der Waals surface area contributed by atoms with Crippen LogP contribution in [0.25, 0.3) is 0 Å². The molecular formula is C22H21N. The van der Waals surface area contributed by atoms with Crippen molar-refractivity contribution in [3.63, 3.8) is 0 Å². The molecule has 3 aromatic rings. The van der Waals surface area contributed by atoms with Crippen LogP contribution in [0, 0.1) is 6.92 Å². The fourth-order valence-corrected chi connectivity index (χ4v) is 3.68. The van der Waals surface area contributed by atoms with Crippen molar-refractivity contribution in [1.82, 2.24) is 0 Å². The first-order valence-corrected chi connectivity index (χ1v) is 8.15. The van der Waals surface area contributed by atoms with Gasteiger partial charge in [0.25, 0.3) is 0 Å². The van der Waals surface area contributed by atoms with Crippen molar-refractivity contribution in [2.75, 3.05) is 4.90 Å². The Morgan fingerprint density at radius 1 is 0.696 bits per heavy atom. The van der Waals surface area contributed by atoms with Crippen molar-refractivity contribution in [2.45, 2.75) is 26.2 Å². The van der Waals surface area contributed by atoms with E-state index in [1.807, 2.05) is 0 Å². The van der Waals surface area contributed by atoms with E-state index in [9.17, 15) is 0 Å². The minimum Gasteiger partial charge on any atom is -0.310 e. The molecule has 1 heterocycles. The molecule has 0 unspecified atom stereocenters. The van der Waals surface area contributed by atoms with E-state index in [-0.39, 0.29) is 5.41 Å². The molecule has 0 spiro atoms. The quantitative estimate of drug-likeness (QED) is 0.524. The summed E-state index contributed by atoms with van der Waals surface area (Å²) < 4.78 is 0. The Kier molecular flexibility index (Phi) is 3.05. The highest BCUT2D eigenvalue weighted by molar-refractivity contribution is 5.85. The average molecular weight is 299 g/mol. The third kappa shape index (κ3) is 2.08. The third-order valence-corrected chi connectivity index (χ3v) is 4.90. The SMILES string of the molecule is Cc1ccc2c(c1)N(c1ccccc1)c1ccccc1C2(C)C. The number of para-hydroxylation sites is 2. The molecule has 1 aliphatic rings. The highest BCUT2D eigenvalue weighted by Gasteiger charge is 2.36.